The number of thiazole rings is 1. The number of anilines is 1. The molecule has 24 heavy (non-hydrogen) atoms. The summed E-state index contributed by atoms with van der Waals surface area (Å²) in [6, 6.07) is 7.40. The second-order valence-corrected chi connectivity index (χ2v) is 6.97. The van der Waals surface area contributed by atoms with Crippen molar-refractivity contribution in [2.45, 2.75) is 31.6 Å². The van der Waals surface area contributed by atoms with E-state index in [1.165, 1.54) is 11.3 Å². The molecular weight excluding hydrogens is 348 g/mol. The molecule has 1 saturated carbocycles. The number of hydrogen-bond donors (Lipinski definition) is 1. The van der Waals surface area contributed by atoms with Crippen LogP contribution in [0.4, 0.5) is 5.13 Å². The average molecular weight is 365 g/mol. The summed E-state index contributed by atoms with van der Waals surface area (Å²) in [5.41, 5.74) is 1.01. The Kier molecular flexibility index (Phi) is 4.87. The third kappa shape index (κ3) is 3.60. The van der Waals surface area contributed by atoms with E-state index in [0.717, 1.165) is 18.4 Å². The maximum atomic E-state index is 12.7. The first kappa shape index (κ1) is 16.9. The van der Waals surface area contributed by atoms with E-state index in [1.54, 1.807) is 18.4 Å². The molecular formula is C17H17ClN2O3S. The summed E-state index contributed by atoms with van der Waals surface area (Å²) in [5, 5.41) is 5.73. The summed E-state index contributed by atoms with van der Waals surface area (Å²) < 4.78 is 4.90. The van der Waals surface area contributed by atoms with Crippen molar-refractivity contribution in [2.24, 2.45) is 0 Å². The summed E-state index contributed by atoms with van der Waals surface area (Å²) in [7, 11) is 0. The van der Waals surface area contributed by atoms with Gasteiger partial charge in [0.1, 0.15) is 0 Å². The minimum Gasteiger partial charge on any atom is -0.466 e. The number of carbonyl (C=O) groups excluding carboxylic acids is 2. The Bertz CT molecular complexity index is 771. The van der Waals surface area contributed by atoms with E-state index in [2.05, 4.69) is 10.3 Å². The number of hydrogen-bond acceptors (Lipinski definition) is 5. The molecule has 3 rings (SSSR count). The number of rotatable bonds is 6. The molecule has 0 aliphatic heterocycles. The lowest BCUT2D eigenvalue weighted by molar-refractivity contribution is -0.142. The minimum absolute atomic E-state index is 0.0817. The Morgan fingerprint density at radius 1 is 1.42 bits per heavy atom. The van der Waals surface area contributed by atoms with Crippen LogP contribution in [0.15, 0.2) is 29.6 Å². The van der Waals surface area contributed by atoms with E-state index < -0.39 is 5.41 Å². The molecule has 1 aromatic heterocycles. The number of nitrogens with one attached hydrogen (secondary N) is 1. The summed E-state index contributed by atoms with van der Waals surface area (Å²) in [6.45, 7) is 2.10. The Hall–Kier alpha value is -1.92. The van der Waals surface area contributed by atoms with Crippen molar-refractivity contribution in [1.82, 2.24) is 4.98 Å². The monoisotopic (exact) mass is 364 g/mol. The lowest BCUT2D eigenvalue weighted by Crippen LogP contribution is -2.27. The number of ether oxygens (including phenoxy) is 1. The topological polar surface area (TPSA) is 68.3 Å². The van der Waals surface area contributed by atoms with Gasteiger partial charge in [-0.2, -0.15) is 0 Å². The highest BCUT2D eigenvalue weighted by Crippen LogP contribution is 2.49. The second kappa shape index (κ2) is 6.91. The predicted molar refractivity (Wildman–Crippen MR) is 93.4 cm³/mol. The molecule has 2 aromatic rings. The summed E-state index contributed by atoms with van der Waals surface area (Å²) >= 11 is 7.34. The Morgan fingerprint density at radius 3 is 2.88 bits per heavy atom. The van der Waals surface area contributed by atoms with Crippen molar-refractivity contribution >= 4 is 39.9 Å². The number of esters is 1. The Morgan fingerprint density at radius 2 is 2.21 bits per heavy atom. The molecule has 1 aliphatic rings. The fourth-order valence-corrected chi connectivity index (χ4v) is 3.48. The number of amides is 1. The molecule has 1 N–H and O–H groups in total. The van der Waals surface area contributed by atoms with Crippen LogP contribution in [0, 0.1) is 0 Å². The minimum atomic E-state index is -0.516. The quantitative estimate of drug-likeness (QED) is 0.795. The van der Waals surface area contributed by atoms with Crippen LogP contribution in [0.1, 0.15) is 31.0 Å². The number of carbonyl (C=O) groups is 2. The SMILES string of the molecule is CCOC(=O)Cc1csc(NC(=O)C2(c3cccc(Cl)c3)CC2)n1. The summed E-state index contributed by atoms with van der Waals surface area (Å²) in [4.78, 5) is 28.4. The molecule has 1 aliphatic carbocycles. The van der Waals surface area contributed by atoms with Gasteiger partial charge in [-0.25, -0.2) is 4.98 Å². The highest BCUT2D eigenvalue weighted by atomic mass is 35.5. The molecule has 0 bridgehead atoms. The van der Waals surface area contributed by atoms with Gasteiger partial charge in [-0.15, -0.1) is 11.3 Å². The third-order valence-corrected chi connectivity index (χ3v) is 5.01. The number of halogens is 1. The lowest BCUT2D eigenvalue weighted by Gasteiger charge is -2.14. The number of aromatic nitrogens is 1. The standard InChI is InChI=1S/C17H17ClN2O3S/c1-2-23-14(21)9-13-10-24-16(19-13)20-15(22)17(6-7-17)11-4-3-5-12(18)8-11/h3-5,8,10H,2,6-7,9H2,1H3,(H,19,20,22). The van der Waals surface area contributed by atoms with Crippen LogP contribution in [0.3, 0.4) is 0 Å². The Labute approximate surface area is 149 Å². The van der Waals surface area contributed by atoms with Gasteiger partial charge < -0.3 is 10.1 Å². The summed E-state index contributed by atoms with van der Waals surface area (Å²) in [6.07, 6.45) is 1.69. The van der Waals surface area contributed by atoms with E-state index in [1.807, 2.05) is 18.2 Å². The normalized spacial score (nSPS) is 14.9. The van der Waals surface area contributed by atoms with Crippen molar-refractivity contribution in [3.8, 4) is 0 Å². The zero-order valence-corrected chi connectivity index (χ0v) is 14.7. The van der Waals surface area contributed by atoms with Gasteiger partial charge >= 0.3 is 5.97 Å². The zero-order chi connectivity index (χ0) is 17.2. The molecule has 1 aromatic carbocycles. The molecule has 0 saturated heterocycles. The van der Waals surface area contributed by atoms with Gasteiger partial charge in [-0.3, -0.25) is 9.59 Å². The fourth-order valence-electron chi connectivity index (χ4n) is 2.58. The van der Waals surface area contributed by atoms with Crippen LogP contribution in [0.2, 0.25) is 5.02 Å². The molecule has 126 valence electrons. The van der Waals surface area contributed by atoms with Gasteiger partial charge in [-0.1, -0.05) is 23.7 Å². The number of benzene rings is 1. The molecule has 5 nitrogen and oxygen atoms in total. The highest BCUT2D eigenvalue weighted by molar-refractivity contribution is 7.14. The second-order valence-electron chi connectivity index (χ2n) is 5.67. The van der Waals surface area contributed by atoms with Crippen LogP contribution >= 0.6 is 22.9 Å². The highest BCUT2D eigenvalue weighted by Gasteiger charge is 2.51. The van der Waals surface area contributed by atoms with Crippen molar-refractivity contribution < 1.29 is 14.3 Å². The molecule has 0 atom stereocenters. The van der Waals surface area contributed by atoms with Crippen molar-refractivity contribution in [3.05, 3.63) is 45.9 Å². The fraction of sp³-hybridized carbons (Fsp3) is 0.353. The van der Waals surface area contributed by atoms with E-state index >= 15 is 0 Å². The van der Waals surface area contributed by atoms with Crippen LogP contribution in [0.25, 0.3) is 0 Å². The predicted octanol–water partition coefficient (Wildman–Crippen LogP) is 3.57. The Balaban J connectivity index is 1.67. The van der Waals surface area contributed by atoms with Gasteiger partial charge in [0.2, 0.25) is 5.91 Å². The van der Waals surface area contributed by atoms with E-state index in [4.69, 9.17) is 16.3 Å². The van der Waals surface area contributed by atoms with Gasteiger partial charge in [0.05, 0.1) is 24.1 Å². The molecule has 7 heteroatoms. The van der Waals surface area contributed by atoms with Crippen LogP contribution in [-0.4, -0.2) is 23.5 Å². The molecule has 1 fully saturated rings. The first-order valence-electron chi connectivity index (χ1n) is 7.71. The molecule has 1 amide bonds. The maximum absolute atomic E-state index is 12.7. The van der Waals surface area contributed by atoms with Crippen LogP contribution in [0.5, 0.6) is 0 Å². The van der Waals surface area contributed by atoms with Crippen LogP contribution in [-0.2, 0) is 26.2 Å². The zero-order valence-electron chi connectivity index (χ0n) is 13.2. The maximum Gasteiger partial charge on any atom is 0.311 e. The van der Waals surface area contributed by atoms with Gasteiger partial charge in [0.15, 0.2) is 5.13 Å². The van der Waals surface area contributed by atoms with E-state index in [9.17, 15) is 9.59 Å². The average Bonchev–Trinajstić information content (AvgIpc) is 3.25. The molecule has 0 spiro atoms. The first-order valence-corrected chi connectivity index (χ1v) is 8.97. The number of nitrogens with zero attached hydrogens (tertiary/aromatic N) is 1. The van der Waals surface area contributed by atoms with Crippen molar-refractivity contribution in [1.29, 1.82) is 0 Å². The largest absolute Gasteiger partial charge is 0.466 e. The molecule has 0 radical (unpaired) electrons. The molecule has 0 unspecified atom stereocenters. The van der Waals surface area contributed by atoms with E-state index in [-0.39, 0.29) is 18.3 Å². The van der Waals surface area contributed by atoms with Crippen molar-refractivity contribution in [2.75, 3.05) is 11.9 Å². The summed E-state index contributed by atoms with van der Waals surface area (Å²) in [5.74, 6) is -0.403. The van der Waals surface area contributed by atoms with E-state index in [0.29, 0.717) is 22.5 Å². The van der Waals surface area contributed by atoms with Gasteiger partial charge in [0.25, 0.3) is 0 Å². The van der Waals surface area contributed by atoms with Gasteiger partial charge in [-0.05, 0) is 37.5 Å². The first-order chi connectivity index (χ1) is 11.5. The molecule has 1 heterocycles. The smallest absolute Gasteiger partial charge is 0.311 e. The van der Waals surface area contributed by atoms with Crippen LogP contribution < -0.4 is 5.32 Å². The van der Waals surface area contributed by atoms with Gasteiger partial charge in [0, 0.05) is 10.4 Å². The van der Waals surface area contributed by atoms with Crippen molar-refractivity contribution in [3.63, 3.8) is 0 Å². The lowest BCUT2D eigenvalue weighted by atomic mass is 9.95. The third-order valence-electron chi connectivity index (χ3n) is 3.96.